The van der Waals surface area contributed by atoms with Crippen molar-refractivity contribution < 1.29 is 0 Å². The van der Waals surface area contributed by atoms with Crippen LogP contribution in [0, 0.1) is 0 Å². The second kappa shape index (κ2) is 13.8. The Balaban J connectivity index is 1.11. The molecule has 1 N–H and O–H groups in total. The maximum Gasteiger partial charge on any atom is 0.197 e. The van der Waals surface area contributed by atoms with E-state index < -0.39 is 5.41 Å². The molecule has 2 aliphatic rings. The van der Waals surface area contributed by atoms with E-state index in [0.717, 1.165) is 16.9 Å². The summed E-state index contributed by atoms with van der Waals surface area (Å²) >= 11 is 0. The lowest BCUT2D eigenvalue weighted by molar-refractivity contribution is 0.732. The van der Waals surface area contributed by atoms with Crippen LogP contribution in [0.5, 0.6) is 0 Å². The molecule has 60 heavy (non-hydrogen) atoms. The van der Waals surface area contributed by atoms with E-state index in [9.17, 15) is 0 Å². The molecule has 0 fully saturated rings. The van der Waals surface area contributed by atoms with Crippen molar-refractivity contribution in [3.63, 3.8) is 0 Å². The lowest BCUT2D eigenvalue weighted by Gasteiger charge is -2.49. The molecule has 2 aliphatic heterocycles. The van der Waals surface area contributed by atoms with Gasteiger partial charge in [0.25, 0.3) is 0 Å². The Bertz CT molecular complexity index is 3210. The van der Waals surface area contributed by atoms with Crippen LogP contribution < -0.4 is 21.1 Å². The number of nitrogens with zero attached hydrogens (tertiary/aromatic N) is 1. The van der Waals surface area contributed by atoms with Crippen molar-refractivity contribution in [2.24, 2.45) is 0 Å². The quantitative estimate of drug-likeness (QED) is 0.170. The predicted molar refractivity (Wildman–Crippen MR) is 254 cm³/mol. The number of hydrogen-bond acceptors (Lipinski definition) is 2. The summed E-state index contributed by atoms with van der Waals surface area (Å²) in [5.74, 6) is 0. The minimum atomic E-state index is -0.530. The van der Waals surface area contributed by atoms with Gasteiger partial charge in [-0.2, -0.15) is 0 Å². The van der Waals surface area contributed by atoms with Gasteiger partial charge in [-0.15, -0.1) is 0 Å². The highest BCUT2D eigenvalue weighted by Gasteiger charge is 2.48. The van der Waals surface area contributed by atoms with Gasteiger partial charge in [-0.1, -0.05) is 206 Å². The zero-order chi connectivity index (χ0) is 39.6. The number of fused-ring (bicyclic) bond motifs is 6. The Morgan fingerprint density at radius 3 is 1.78 bits per heavy atom. The summed E-state index contributed by atoms with van der Waals surface area (Å²) in [6.07, 6.45) is 0. The maximum absolute atomic E-state index is 3.96. The van der Waals surface area contributed by atoms with Crippen LogP contribution in [0.15, 0.2) is 224 Å². The van der Waals surface area contributed by atoms with Gasteiger partial charge in [0.15, 0.2) is 7.28 Å². The van der Waals surface area contributed by atoms with E-state index in [2.05, 4.69) is 242 Å². The van der Waals surface area contributed by atoms with E-state index in [-0.39, 0.29) is 0 Å². The van der Waals surface area contributed by atoms with Crippen molar-refractivity contribution in [2.75, 3.05) is 10.2 Å². The molecule has 0 aromatic heterocycles. The Labute approximate surface area is 351 Å². The van der Waals surface area contributed by atoms with Crippen LogP contribution in [-0.4, -0.2) is 7.28 Å². The van der Waals surface area contributed by atoms with Gasteiger partial charge >= 0.3 is 0 Å². The lowest BCUT2D eigenvalue weighted by Crippen LogP contribution is -2.47. The monoisotopic (exact) mass is 761 g/mol. The molecule has 0 saturated carbocycles. The van der Waals surface area contributed by atoms with Crippen LogP contribution >= 0.6 is 0 Å². The summed E-state index contributed by atoms with van der Waals surface area (Å²) < 4.78 is 0. The van der Waals surface area contributed by atoms with Crippen LogP contribution in [0.4, 0.5) is 28.4 Å². The van der Waals surface area contributed by atoms with Crippen molar-refractivity contribution >= 4 is 68.2 Å². The van der Waals surface area contributed by atoms with Crippen molar-refractivity contribution in [3.05, 3.63) is 247 Å². The van der Waals surface area contributed by atoms with Gasteiger partial charge in [-0.05, 0) is 84.8 Å². The molecule has 0 amide bonds. The summed E-state index contributed by atoms with van der Waals surface area (Å²) in [4.78, 5) is 2.56. The standard InChI is InChI=1S/C57H38BN2/c1-4-17-38(18-5-1)39-31-34-44(35-32-39)59-55-46-26-13-10-19-40(46)33-36-47(55)53-45-25-12-11-20-41(45)37-52-54(53)58-50-29-16-28-49-56(50)60(52)51-30-15-14-27-48(51)57(49,42-21-6-2-7-22-42)43-23-8-3-9-24-43/h1-37,59H. The summed E-state index contributed by atoms with van der Waals surface area (Å²) in [6.45, 7) is 0. The molecule has 1 radical (unpaired) electrons. The molecule has 0 unspecified atom stereocenters. The zero-order valence-electron chi connectivity index (χ0n) is 32.9. The average Bonchev–Trinajstić information content (AvgIpc) is 3.32. The van der Waals surface area contributed by atoms with Gasteiger partial charge < -0.3 is 10.2 Å². The smallest absolute Gasteiger partial charge is 0.197 e. The Morgan fingerprint density at radius 2 is 1.03 bits per heavy atom. The molecule has 10 aromatic rings. The lowest BCUT2D eigenvalue weighted by atomic mass is 9.54. The van der Waals surface area contributed by atoms with Gasteiger partial charge in [0.2, 0.25) is 0 Å². The zero-order valence-corrected chi connectivity index (χ0v) is 32.9. The minimum absolute atomic E-state index is 0.530. The topological polar surface area (TPSA) is 15.3 Å². The van der Waals surface area contributed by atoms with Crippen molar-refractivity contribution in [1.29, 1.82) is 0 Å². The first-order valence-corrected chi connectivity index (χ1v) is 20.8. The minimum Gasteiger partial charge on any atom is -0.355 e. The number of rotatable bonds is 6. The van der Waals surface area contributed by atoms with Crippen molar-refractivity contribution in [1.82, 2.24) is 0 Å². The van der Waals surface area contributed by atoms with Crippen LogP contribution in [0.1, 0.15) is 22.3 Å². The molecule has 0 atom stereocenters. The second-order valence-corrected chi connectivity index (χ2v) is 15.9. The number of hydrogen-bond donors (Lipinski definition) is 1. The molecule has 3 heteroatoms. The maximum atomic E-state index is 3.96. The largest absolute Gasteiger partial charge is 0.355 e. The highest BCUT2D eigenvalue weighted by Crippen LogP contribution is 2.58. The van der Waals surface area contributed by atoms with Crippen molar-refractivity contribution in [2.45, 2.75) is 5.41 Å². The summed E-state index contributed by atoms with van der Waals surface area (Å²) in [6, 6.07) is 82.2. The SMILES string of the molecule is [B]1c2cccc3c2N(c2ccccc2C3(c2ccccc2)c2ccccc2)c2cc3ccccc3c(-c3ccc4ccccc4c3Nc3ccc(-c4ccccc4)cc3)c21. The van der Waals surface area contributed by atoms with E-state index in [4.69, 9.17) is 0 Å². The Morgan fingerprint density at radius 1 is 0.433 bits per heavy atom. The fraction of sp³-hybridized carbons (Fsp3) is 0.0175. The van der Waals surface area contributed by atoms with Crippen LogP contribution in [-0.2, 0) is 5.41 Å². The summed E-state index contributed by atoms with van der Waals surface area (Å²) in [5, 5.41) is 8.76. The molecule has 2 heterocycles. The van der Waals surface area contributed by atoms with E-state index >= 15 is 0 Å². The van der Waals surface area contributed by atoms with Crippen molar-refractivity contribution in [3.8, 4) is 22.3 Å². The van der Waals surface area contributed by atoms with Gasteiger partial charge in [0, 0.05) is 28.0 Å². The Kier molecular flexibility index (Phi) is 7.89. The summed E-state index contributed by atoms with van der Waals surface area (Å²) in [5.41, 5.74) is 17.5. The van der Waals surface area contributed by atoms with Gasteiger partial charge in [-0.25, -0.2) is 0 Å². The molecular formula is C57H38BN2. The molecule has 0 saturated heterocycles. The predicted octanol–water partition coefficient (Wildman–Crippen LogP) is 13.2. The fourth-order valence-corrected chi connectivity index (χ4v) is 10.2. The molecule has 0 bridgehead atoms. The second-order valence-electron chi connectivity index (χ2n) is 15.9. The highest BCUT2D eigenvalue weighted by atomic mass is 15.2. The molecule has 0 spiro atoms. The normalized spacial score (nSPS) is 13.2. The first-order chi connectivity index (χ1) is 29.8. The molecule has 12 rings (SSSR count). The molecule has 2 nitrogen and oxygen atoms in total. The third-order valence-corrected chi connectivity index (χ3v) is 12.7. The first-order valence-electron chi connectivity index (χ1n) is 20.8. The van der Waals surface area contributed by atoms with Crippen LogP contribution in [0.25, 0.3) is 43.8 Å². The summed E-state index contributed by atoms with van der Waals surface area (Å²) in [7, 11) is 2.45. The fourth-order valence-electron chi connectivity index (χ4n) is 10.2. The molecule has 0 aliphatic carbocycles. The number of anilines is 5. The van der Waals surface area contributed by atoms with E-state index in [1.807, 2.05) is 0 Å². The first kappa shape index (κ1) is 34.4. The van der Waals surface area contributed by atoms with Gasteiger partial charge in [-0.3, -0.25) is 0 Å². The number of nitrogens with one attached hydrogen (secondary N) is 1. The average molecular weight is 762 g/mol. The van der Waals surface area contributed by atoms with Gasteiger partial charge in [0.1, 0.15) is 0 Å². The molecular weight excluding hydrogens is 723 g/mol. The Hall–Kier alpha value is -7.62. The number of para-hydroxylation sites is 2. The molecule has 279 valence electrons. The number of benzene rings is 10. The third-order valence-electron chi connectivity index (χ3n) is 12.7. The van der Waals surface area contributed by atoms with E-state index in [1.165, 1.54) is 88.5 Å². The van der Waals surface area contributed by atoms with E-state index in [1.54, 1.807) is 0 Å². The molecule has 10 aromatic carbocycles. The van der Waals surface area contributed by atoms with Gasteiger partial charge in [0.05, 0.1) is 16.8 Å². The third kappa shape index (κ3) is 5.16. The van der Waals surface area contributed by atoms with Crippen LogP contribution in [0.2, 0.25) is 0 Å². The van der Waals surface area contributed by atoms with E-state index in [0.29, 0.717) is 0 Å². The highest BCUT2D eigenvalue weighted by molar-refractivity contribution is 6.74. The van der Waals surface area contributed by atoms with Crippen LogP contribution in [0.3, 0.4) is 0 Å².